The number of rotatable bonds is 5. The lowest BCUT2D eigenvalue weighted by atomic mass is 10.1. The Bertz CT molecular complexity index is 1580. The van der Waals surface area contributed by atoms with E-state index < -0.39 is 6.04 Å². The first-order valence-corrected chi connectivity index (χ1v) is 12.5. The largest absolute Gasteiger partial charge is 0.353 e. The highest BCUT2D eigenvalue weighted by molar-refractivity contribution is 7.17. The van der Waals surface area contributed by atoms with Crippen molar-refractivity contribution in [3.8, 4) is 5.69 Å². The maximum Gasteiger partial charge on any atom is 0.239 e. The molecule has 0 bridgehead atoms. The smallest absolute Gasteiger partial charge is 0.239 e. The summed E-state index contributed by atoms with van der Waals surface area (Å²) in [6.45, 7) is 3.83. The standard InChI is InChI=1S/C25H23FN8OS/c1-15-2-3-18(9-20(15)26)34-12-19-23(32-34)30-14-31-24(19)33-6-5-27-21(13-33)25(35)29-10-17-8-16-4-7-36-22(16)11-28-17/h2-4,7-9,11-12,14,21,27H,5-6,10,13H2,1H3,(H,29,35). The van der Waals surface area contributed by atoms with Crippen molar-refractivity contribution < 1.29 is 9.18 Å². The van der Waals surface area contributed by atoms with E-state index >= 15 is 0 Å². The normalized spacial score (nSPS) is 16.1. The molecule has 0 spiro atoms. The molecule has 1 aliphatic rings. The Kier molecular flexibility index (Phi) is 5.78. The zero-order chi connectivity index (χ0) is 24.6. The molecular weight excluding hydrogens is 479 g/mol. The first-order valence-electron chi connectivity index (χ1n) is 11.6. The molecule has 0 radical (unpaired) electrons. The third kappa shape index (κ3) is 4.27. The number of hydrogen-bond donors (Lipinski definition) is 2. The topological polar surface area (TPSA) is 101 Å². The van der Waals surface area contributed by atoms with Crippen molar-refractivity contribution >= 4 is 44.2 Å². The van der Waals surface area contributed by atoms with E-state index in [4.69, 9.17) is 0 Å². The van der Waals surface area contributed by atoms with E-state index in [0.29, 0.717) is 48.9 Å². The van der Waals surface area contributed by atoms with Crippen LogP contribution >= 0.6 is 11.3 Å². The van der Waals surface area contributed by atoms with Crippen LogP contribution in [0.3, 0.4) is 0 Å². The van der Waals surface area contributed by atoms with Gasteiger partial charge in [-0.25, -0.2) is 19.0 Å². The molecule has 1 fully saturated rings. The van der Waals surface area contributed by atoms with Gasteiger partial charge in [-0.15, -0.1) is 16.4 Å². The molecule has 1 atom stereocenters. The van der Waals surface area contributed by atoms with Gasteiger partial charge < -0.3 is 15.5 Å². The van der Waals surface area contributed by atoms with Crippen LogP contribution < -0.4 is 15.5 Å². The number of aromatic nitrogens is 5. The fourth-order valence-electron chi connectivity index (χ4n) is 4.36. The summed E-state index contributed by atoms with van der Waals surface area (Å²) in [4.78, 5) is 28.3. The molecule has 1 aromatic carbocycles. The molecule has 9 nitrogen and oxygen atoms in total. The second-order valence-electron chi connectivity index (χ2n) is 8.75. The molecule has 36 heavy (non-hydrogen) atoms. The second-order valence-corrected chi connectivity index (χ2v) is 9.69. The number of aryl methyl sites for hydroxylation is 1. The third-order valence-electron chi connectivity index (χ3n) is 6.35. The molecule has 0 saturated carbocycles. The van der Waals surface area contributed by atoms with Crippen LogP contribution in [-0.2, 0) is 11.3 Å². The lowest BCUT2D eigenvalue weighted by molar-refractivity contribution is -0.123. The number of nitrogens with zero attached hydrogens (tertiary/aromatic N) is 6. The van der Waals surface area contributed by atoms with Crippen molar-refractivity contribution in [2.24, 2.45) is 0 Å². The van der Waals surface area contributed by atoms with Gasteiger partial charge in [0.15, 0.2) is 5.65 Å². The fourth-order valence-corrected chi connectivity index (χ4v) is 5.10. The number of piperazine rings is 1. The third-order valence-corrected chi connectivity index (χ3v) is 7.21. The average molecular weight is 503 g/mol. The molecule has 4 aromatic heterocycles. The molecular formula is C25H23FN8OS. The second kappa shape index (κ2) is 9.25. The van der Waals surface area contributed by atoms with Crippen LogP contribution in [0.25, 0.3) is 26.8 Å². The zero-order valence-electron chi connectivity index (χ0n) is 19.5. The zero-order valence-corrected chi connectivity index (χ0v) is 20.3. The molecule has 1 amide bonds. The van der Waals surface area contributed by atoms with Crippen molar-refractivity contribution in [1.29, 1.82) is 0 Å². The Hall–Kier alpha value is -3.96. The van der Waals surface area contributed by atoms with Crippen LogP contribution in [0.4, 0.5) is 10.2 Å². The van der Waals surface area contributed by atoms with Gasteiger partial charge in [0, 0.05) is 32.0 Å². The minimum atomic E-state index is -0.408. The van der Waals surface area contributed by atoms with E-state index in [2.05, 4.69) is 35.6 Å². The predicted molar refractivity (Wildman–Crippen MR) is 137 cm³/mol. The van der Waals surface area contributed by atoms with Gasteiger partial charge in [0.25, 0.3) is 0 Å². The van der Waals surface area contributed by atoms with Crippen LogP contribution in [-0.4, -0.2) is 56.3 Å². The fraction of sp³-hybridized carbons (Fsp3) is 0.240. The Labute approximate surface area is 210 Å². The van der Waals surface area contributed by atoms with E-state index in [1.807, 2.05) is 29.8 Å². The Balaban J connectivity index is 1.19. The van der Waals surface area contributed by atoms with Gasteiger partial charge in [0.1, 0.15) is 24.0 Å². The van der Waals surface area contributed by atoms with Gasteiger partial charge in [-0.2, -0.15) is 0 Å². The van der Waals surface area contributed by atoms with Crippen LogP contribution in [0.5, 0.6) is 0 Å². The molecule has 182 valence electrons. The number of anilines is 1. The van der Waals surface area contributed by atoms with Gasteiger partial charge in [-0.1, -0.05) is 6.07 Å². The highest BCUT2D eigenvalue weighted by atomic mass is 32.1. The summed E-state index contributed by atoms with van der Waals surface area (Å²) in [5.74, 6) is 0.311. The van der Waals surface area contributed by atoms with Gasteiger partial charge >= 0.3 is 0 Å². The maximum atomic E-state index is 14.1. The average Bonchev–Trinajstić information content (AvgIpc) is 3.55. The minimum Gasteiger partial charge on any atom is -0.353 e. The summed E-state index contributed by atoms with van der Waals surface area (Å²) >= 11 is 1.64. The molecule has 5 aromatic rings. The van der Waals surface area contributed by atoms with Crippen LogP contribution in [0.15, 0.2) is 54.4 Å². The molecule has 5 heterocycles. The number of halogens is 1. The number of carbonyl (C=O) groups excluding carboxylic acids is 1. The number of benzene rings is 1. The Morgan fingerprint density at radius 1 is 1.25 bits per heavy atom. The Morgan fingerprint density at radius 2 is 2.17 bits per heavy atom. The molecule has 1 unspecified atom stereocenters. The monoisotopic (exact) mass is 502 g/mol. The van der Waals surface area contributed by atoms with Crippen molar-refractivity contribution in [3.63, 3.8) is 0 Å². The number of carbonyl (C=O) groups is 1. The quantitative estimate of drug-likeness (QED) is 0.381. The summed E-state index contributed by atoms with van der Waals surface area (Å²) in [7, 11) is 0. The van der Waals surface area contributed by atoms with Crippen molar-refractivity contribution in [3.05, 3.63) is 71.5 Å². The highest BCUT2D eigenvalue weighted by Crippen LogP contribution is 2.25. The van der Waals surface area contributed by atoms with Crippen LogP contribution in [0.1, 0.15) is 11.3 Å². The van der Waals surface area contributed by atoms with E-state index in [9.17, 15) is 9.18 Å². The number of thiophene rings is 1. The molecule has 1 aliphatic heterocycles. The van der Waals surface area contributed by atoms with Crippen molar-refractivity contribution in [1.82, 2.24) is 35.4 Å². The first kappa shape index (κ1) is 22.5. The van der Waals surface area contributed by atoms with Gasteiger partial charge in [-0.3, -0.25) is 9.78 Å². The van der Waals surface area contributed by atoms with E-state index in [1.54, 1.807) is 35.2 Å². The van der Waals surface area contributed by atoms with Gasteiger partial charge in [0.05, 0.1) is 28.0 Å². The summed E-state index contributed by atoms with van der Waals surface area (Å²) < 4.78 is 16.8. The van der Waals surface area contributed by atoms with Crippen molar-refractivity contribution in [2.75, 3.05) is 24.5 Å². The predicted octanol–water partition coefficient (Wildman–Crippen LogP) is 2.97. The molecule has 1 saturated heterocycles. The highest BCUT2D eigenvalue weighted by Gasteiger charge is 2.27. The lowest BCUT2D eigenvalue weighted by Crippen LogP contribution is -2.57. The summed E-state index contributed by atoms with van der Waals surface area (Å²) in [5, 5.41) is 14.7. The number of nitrogens with one attached hydrogen (secondary N) is 2. The number of hydrogen-bond acceptors (Lipinski definition) is 8. The number of fused-ring (bicyclic) bond motifs is 2. The summed E-state index contributed by atoms with van der Waals surface area (Å²) in [6, 6.07) is 8.62. The first-order chi connectivity index (χ1) is 17.5. The van der Waals surface area contributed by atoms with Crippen molar-refractivity contribution in [2.45, 2.75) is 19.5 Å². The van der Waals surface area contributed by atoms with E-state index in [-0.39, 0.29) is 11.7 Å². The van der Waals surface area contributed by atoms with E-state index in [1.165, 1.54) is 12.4 Å². The molecule has 0 aliphatic carbocycles. The molecule has 11 heteroatoms. The van der Waals surface area contributed by atoms with E-state index in [0.717, 1.165) is 21.2 Å². The van der Waals surface area contributed by atoms with Crippen LogP contribution in [0, 0.1) is 12.7 Å². The maximum absolute atomic E-state index is 14.1. The molecule has 6 rings (SSSR count). The van der Waals surface area contributed by atoms with Gasteiger partial charge in [0.2, 0.25) is 5.91 Å². The molecule has 2 N–H and O–H groups in total. The number of pyridine rings is 1. The number of amides is 1. The SMILES string of the molecule is Cc1ccc(-n2cc3c(N4CCNC(C(=O)NCc5cc6ccsc6cn5)C4)ncnc3n2)cc1F. The Morgan fingerprint density at radius 3 is 3.06 bits per heavy atom. The lowest BCUT2D eigenvalue weighted by Gasteiger charge is -2.33. The van der Waals surface area contributed by atoms with Gasteiger partial charge in [-0.05, 0) is 47.5 Å². The van der Waals surface area contributed by atoms with Crippen LogP contribution in [0.2, 0.25) is 0 Å². The summed E-state index contributed by atoms with van der Waals surface area (Å²) in [5.41, 5.74) is 2.51. The minimum absolute atomic E-state index is 0.0944. The summed E-state index contributed by atoms with van der Waals surface area (Å²) in [6.07, 6.45) is 5.11.